The van der Waals surface area contributed by atoms with Gasteiger partial charge in [0.25, 0.3) is 0 Å². The number of fused-ring (bicyclic) bond motifs is 1. The Morgan fingerprint density at radius 1 is 1.18 bits per heavy atom. The van der Waals surface area contributed by atoms with Gasteiger partial charge in [-0.15, -0.1) is 0 Å². The fraction of sp³-hybridized carbons (Fsp3) is 0.318. The van der Waals surface area contributed by atoms with Gasteiger partial charge in [0.2, 0.25) is 0 Å². The van der Waals surface area contributed by atoms with Crippen LogP contribution in [0.15, 0.2) is 41.1 Å². The molecule has 1 heterocycles. The molecule has 0 aliphatic heterocycles. The number of anilines is 3. The maximum Gasteiger partial charge on any atom is 3.00 e. The Morgan fingerprint density at radius 2 is 1.91 bits per heavy atom. The predicted molar refractivity (Wildman–Crippen MR) is 136 cm³/mol. The summed E-state index contributed by atoms with van der Waals surface area (Å²) in [5, 5.41) is 9.44. The van der Waals surface area contributed by atoms with Crippen LogP contribution in [-0.4, -0.2) is 59.2 Å². The number of alkyl carbamates (subject to hydrolysis) is 1. The zero-order valence-corrected chi connectivity index (χ0v) is 22.6. The molecule has 0 aliphatic carbocycles. The van der Waals surface area contributed by atoms with E-state index in [0.29, 0.717) is 38.3 Å². The van der Waals surface area contributed by atoms with E-state index in [4.69, 9.17) is 9.47 Å². The van der Waals surface area contributed by atoms with Crippen LogP contribution in [0, 0.1) is 5.82 Å². The third kappa shape index (κ3) is 8.33. The first-order chi connectivity index (χ1) is 15.2. The number of nitrogens with zero attached hydrogens (tertiary/aromatic N) is 2. The zero-order valence-electron chi connectivity index (χ0n) is 23.8. The van der Waals surface area contributed by atoms with E-state index in [1.165, 1.54) is 12.4 Å². The molecule has 8 nitrogen and oxygen atoms in total. The van der Waals surface area contributed by atoms with E-state index in [0.717, 1.165) is 0 Å². The summed E-state index contributed by atoms with van der Waals surface area (Å²) in [7, 11) is 1.76. The van der Waals surface area contributed by atoms with Crippen LogP contribution in [0.3, 0.4) is 0 Å². The molecular formula is C22H29AlBrFLiN5O3. The summed E-state index contributed by atoms with van der Waals surface area (Å²) >= 11 is 3.25. The second-order valence-electron chi connectivity index (χ2n) is 7.86. The largest absolute Gasteiger partial charge is 3.00 e. The number of ether oxygens (including phenoxy) is 2. The Kier molecular flexibility index (Phi) is 11.6. The van der Waals surface area contributed by atoms with Crippen molar-refractivity contribution in [3.8, 4) is 5.75 Å². The molecular weight excluding hydrogens is 515 g/mol. The number of carbonyl (C=O) groups is 1. The quantitative estimate of drug-likeness (QED) is 0.310. The Bertz CT molecular complexity index is 1150. The van der Waals surface area contributed by atoms with E-state index in [2.05, 4.69) is 41.8 Å². The fourth-order valence-corrected chi connectivity index (χ4v) is 3.18. The summed E-state index contributed by atoms with van der Waals surface area (Å²) in [4.78, 5) is 20.3. The average Bonchev–Trinajstić information content (AvgIpc) is 2.71. The number of hydrogen-bond acceptors (Lipinski definition) is 7. The molecule has 0 atom stereocenters. The maximum absolute atomic E-state index is 14.3. The summed E-state index contributed by atoms with van der Waals surface area (Å²) in [5.41, 5.74) is 1.05. The van der Waals surface area contributed by atoms with Crippen LogP contribution in [0.1, 0.15) is 26.5 Å². The van der Waals surface area contributed by atoms with Gasteiger partial charge in [0.15, 0.2) is 0 Å². The van der Waals surface area contributed by atoms with Crippen LogP contribution >= 0.6 is 15.9 Å². The summed E-state index contributed by atoms with van der Waals surface area (Å²) in [5.74, 6) is 0.619. The van der Waals surface area contributed by atoms with Gasteiger partial charge in [0, 0.05) is 23.0 Å². The van der Waals surface area contributed by atoms with E-state index >= 15 is 0 Å². The molecule has 34 heavy (non-hydrogen) atoms. The van der Waals surface area contributed by atoms with Crippen molar-refractivity contribution in [2.75, 3.05) is 30.8 Å². The Balaban J connectivity index is -0.000000963. The first-order valence-electron chi connectivity index (χ1n) is 9.94. The molecule has 3 N–H and O–H groups in total. The molecule has 0 radical (unpaired) electrons. The third-order valence-corrected chi connectivity index (χ3v) is 4.71. The van der Waals surface area contributed by atoms with Crippen molar-refractivity contribution in [3.05, 3.63) is 46.9 Å². The van der Waals surface area contributed by atoms with Crippen molar-refractivity contribution in [2.24, 2.45) is 0 Å². The fourth-order valence-electron chi connectivity index (χ4n) is 2.84. The minimum Gasteiger partial charge on any atom is -1.00 e. The molecule has 0 fully saturated rings. The van der Waals surface area contributed by atoms with E-state index in [-0.39, 0.29) is 55.1 Å². The van der Waals surface area contributed by atoms with Gasteiger partial charge in [0.1, 0.15) is 35.9 Å². The van der Waals surface area contributed by atoms with Crippen molar-refractivity contribution in [2.45, 2.75) is 26.4 Å². The Morgan fingerprint density at radius 3 is 2.56 bits per heavy atom. The molecule has 0 bridgehead atoms. The van der Waals surface area contributed by atoms with Gasteiger partial charge in [0.05, 0.1) is 23.4 Å². The van der Waals surface area contributed by atoms with Crippen LogP contribution in [0.5, 0.6) is 5.75 Å². The molecule has 1 amide bonds. The van der Waals surface area contributed by atoms with Gasteiger partial charge in [-0.3, -0.25) is 0 Å². The van der Waals surface area contributed by atoms with Crippen LogP contribution in [0.4, 0.5) is 26.4 Å². The van der Waals surface area contributed by atoms with Crippen LogP contribution in [-0.2, 0) is 4.74 Å². The predicted octanol–water partition coefficient (Wildman–Crippen LogP) is 2.29. The number of amides is 1. The molecule has 3 rings (SSSR count). The standard InChI is InChI=1S/C22H25BrFN5O3.Al.Li.4H/c1-22(2,3)32-21(30)26-7-8-31-19-11-17-14(10-18(19)25-4)20(28-12-27-17)29-16-6-5-13(23)9-15(16)24;;;;;;/h5-6,9-12,25H,7-8H2,1-4H3,(H,26,30)(H,27,28,29);;;;;;/q;+3;+1;4*-1. The summed E-state index contributed by atoms with van der Waals surface area (Å²) in [6, 6.07) is 8.33. The van der Waals surface area contributed by atoms with Crippen molar-refractivity contribution in [1.82, 2.24) is 15.3 Å². The summed E-state index contributed by atoms with van der Waals surface area (Å²) in [6.07, 6.45) is 0.894. The monoisotopic (exact) mass is 543 g/mol. The zero-order chi connectivity index (χ0) is 23.3. The van der Waals surface area contributed by atoms with Gasteiger partial charge >= 0.3 is 42.3 Å². The van der Waals surface area contributed by atoms with Gasteiger partial charge in [-0.2, -0.15) is 0 Å². The van der Waals surface area contributed by atoms with Crippen molar-refractivity contribution < 1.29 is 43.2 Å². The van der Waals surface area contributed by atoms with Crippen molar-refractivity contribution in [3.63, 3.8) is 0 Å². The van der Waals surface area contributed by atoms with E-state index in [1.807, 2.05) is 6.07 Å². The normalized spacial score (nSPS) is 10.5. The molecule has 0 saturated heterocycles. The van der Waals surface area contributed by atoms with Gasteiger partial charge < -0.3 is 31.1 Å². The minimum absolute atomic E-state index is 0. The number of rotatable bonds is 7. The van der Waals surface area contributed by atoms with E-state index in [1.54, 1.807) is 46.0 Å². The molecule has 3 aromatic rings. The van der Waals surface area contributed by atoms with Crippen molar-refractivity contribution in [1.29, 1.82) is 0 Å². The van der Waals surface area contributed by atoms with Crippen LogP contribution < -0.4 is 39.5 Å². The third-order valence-electron chi connectivity index (χ3n) is 4.22. The van der Waals surface area contributed by atoms with Crippen LogP contribution in [0.2, 0.25) is 0 Å². The smallest absolute Gasteiger partial charge is 1.00 e. The molecule has 0 spiro atoms. The Hall–Kier alpha value is -2.01. The van der Waals surface area contributed by atoms with E-state index < -0.39 is 17.5 Å². The van der Waals surface area contributed by atoms with Crippen LogP contribution in [0.25, 0.3) is 10.9 Å². The molecule has 12 heteroatoms. The summed E-state index contributed by atoms with van der Waals surface area (Å²) < 4.78 is 25.9. The summed E-state index contributed by atoms with van der Waals surface area (Å²) in [6.45, 7) is 5.91. The SMILES string of the molecule is CNc1cc2c(Nc3ccc(Br)cc3F)ncnc2cc1OCCNC(=O)OC(C)(C)C.[Al+3].[H-].[H-].[H-].[H-].[Li+]. The van der Waals surface area contributed by atoms with Gasteiger partial charge in [-0.05, 0) is 45.0 Å². The molecule has 1 aromatic heterocycles. The molecule has 0 unspecified atom stereocenters. The maximum atomic E-state index is 14.3. The number of aromatic nitrogens is 2. The number of hydrogen-bond donors (Lipinski definition) is 3. The molecule has 2 aromatic carbocycles. The first-order valence-corrected chi connectivity index (χ1v) is 10.7. The topological polar surface area (TPSA) is 97.4 Å². The van der Waals surface area contributed by atoms with E-state index in [9.17, 15) is 9.18 Å². The first kappa shape index (κ1) is 30.0. The van der Waals surface area contributed by atoms with Gasteiger partial charge in [-0.1, -0.05) is 15.9 Å². The molecule has 178 valence electrons. The minimum atomic E-state index is -0.562. The number of nitrogens with one attached hydrogen (secondary N) is 3. The molecule has 0 saturated carbocycles. The second kappa shape index (κ2) is 13.2. The Labute approximate surface area is 235 Å². The number of carbonyl (C=O) groups excluding carboxylic acids is 1. The molecule has 0 aliphatic rings. The van der Waals surface area contributed by atoms with Gasteiger partial charge in [-0.25, -0.2) is 19.2 Å². The number of benzene rings is 2. The van der Waals surface area contributed by atoms with Crippen molar-refractivity contribution >= 4 is 67.5 Å². The number of halogens is 2. The average molecular weight is 544 g/mol. The second-order valence-corrected chi connectivity index (χ2v) is 8.78.